The van der Waals surface area contributed by atoms with Crippen molar-refractivity contribution in [3.8, 4) is 0 Å². The van der Waals surface area contributed by atoms with Crippen LogP contribution in [0.2, 0.25) is 0 Å². The lowest BCUT2D eigenvalue weighted by atomic mass is 9.89. The van der Waals surface area contributed by atoms with Crippen LogP contribution in [0.4, 0.5) is 5.69 Å². The van der Waals surface area contributed by atoms with Crippen LogP contribution in [0.5, 0.6) is 0 Å². The molecule has 0 spiro atoms. The third kappa shape index (κ3) is 2.16. The van der Waals surface area contributed by atoms with Crippen molar-refractivity contribution in [1.29, 1.82) is 0 Å². The third-order valence-corrected chi connectivity index (χ3v) is 2.29. The van der Waals surface area contributed by atoms with Crippen LogP contribution in [0.1, 0.15) is 19.5 Å². The van der Waals surface area contributed by atoms with Gasteiger partial charge in [0.25, 0.3) is 5.69 Å². The Balaban J connectivity index is 3.06. The fraction of sp³-hybridized carbons (Fsp3) is 0.400. The predicted molar refractivity (Wildman–Crippen MR) is 55.9 cm³/mol. The Labute approximate surface area is 92.4 Å². The number of hydrogen-bond acceptors (Lipinski definition) is 5. The van der Waals surface area contributed by atoms with E-state index in [4.69, 9.17) is 0 Å². The molecule has 16 heavy (non-hydrogen) atoms. The molecule has 1 rings (SSSR count). The highest BCUT2D eigenvalue weighted by Gasteiger charge is 2.32. The van der Waals surface area contributed by atoms with Crippen molar-refractivity contribution in [1.82, 2.24) is 4.98 Å². The van der Waals surface area contributed by atoms with Gasteiger partial charge in [-0.3, -0.25) is 19.9 Å². The van der Waals surface area contributed by atoms with E-state index in [2.05, 4.69) is 9.72 Å². The lowest BCUT2D eigenvalue weighted by Gasteiger charge is -2.20. The Morgan fingerprint density at radius 1 is 1.50 bits per heavy atom. The number of esters is 1. The van der Waals surface area contributed by atoms with Gasteiger partial charge in [-0.25, -0.2) is 0 Å². The third-order valence-electron chi connectivity index (χ3n) is 2.29. The van der Waals surface area contributed by atoms with Gasteiger partial charge in [0.1, 0.15) is 11.6 Å². The van der Waals surface area contributed by atoms with Crippen LogP contribution in [-0.4, -0.2) is 23.0 Å². The first kappa shape index (κ1) is 12.1. The van der Waals surface area contributed by atoms with Gasteiger partial charge in [0.05, 0.1) is 17.7 Å². The fourth-order valence-corrected chi connectivity index (χ4v) is 1.22. The van der Waals surface area contributed by atoms with Gasteiger partial charge in [0, 0.05) is 6.07 Å². The molecule has 0 amide bonds. The summed E-state index contributed by atoms with van der Waals surface area (Å²) in [7, 11) is 1.29. The van der Waals surface area contributed by atoms with Crippen LogP contribution in [-0.2, 0) is 14.9 Å². The molecular weight excluding hydrogens is 212 g/mol. The zero-order chi connectivity index (χ0) is 12.3. The van der Waals surface area contributed by atoms with E-state index < -0.39 is 16.3 Å². The molecule has 0 N–H and O–H groups in total. The van der Waals surface area contributed by atoms with Gasteiger partial charge >= 0.3 is 5.97 Å². The molecule has 0 saturated heterocycles. The Morgan fingerprint density at radius 2 is 2.12 bits per heavy atom. The van der Waals surface area contributed by atoms with E-state index in [-0.39, 0.29) is 5.69 Å². The van der Waals surface area contributed by atoms with Crippen molar-refractivity contribution in [3.05, 3.63) is 34.1 Å². The largest absolute Gasteiger partial charge is 0.468 e. The molecule has 0 saturated carbocycles. The van der Waals surface area contributed by atoms with E-state index in [9.17, 15) is 14.9 Å². The van der Waals surface area contributed by atoms with Gasteiger partial charge < -0.3 is 4.74 Å². The Bertz CT molecular complexity index is 411. The van der Waals surface area contributed by atoms with Gasteiger partial charge in [-0.2, -0.15) is 0 Å². The Hall–Kier alpha value is -1.98. The molecule has 0 unspecified atom stereocenters. The minimum Gasteiger partial charge on any atom is -0.468 e. The maximum Gasteiger partial charge on any atom is 0.317 e. The maximum atomic E-state index is 11.5. The standard InChI is InChI=1S/C10H12N2O4/c1-10(2,9(13)16-3)8-5-4-7(6-11-8)12(14)15/h4-6H,1-3H3. The number of carbonyl (C=O) groups is 1. The van der Waals surface area contributed by atoms with Crippen LogP contribution >= 0.6 is 0 Å². The molecule has 0 aliphatic carbocycles. The topological polar surface area (TPSA) is 82.3 Å². The average Bonchev–Trinajstić information content (AvgIpc) is 2.28. The van der Waals surface area contributed by atoms with E-state index in [0.717, 1.165) is 6.20 Å². The highest BCUT2D eigenvalue weighted by molar-refractivity contribution is 5.81. The lowest BCUT2D eigenvalue weighted by Crippen LogP contribution is -2.31. The summed E-state index contributed by atoms with van der Waals surface area (Å²) >= 11 is 0. The number of pyridine rings is 1. The summed E-state index contributed by atoms with van der Waals surface area (Å²) in [5, 5.41) is 10.4. The molecule has 1 aromatic rings. The molecule has 86 valence electrons. The smallest absolute Gasteiger partial charge is 0.317 e. The van der Waals surface area contributed by atoms with Gasteiger partial charge in [0.15, 0.2) is 0 Å². The van der Waals surface area contributed by atoms with Gasteiger partial charge in [-0.1, -0.05) is 0 Å². The number of aromatic nitrogens is 1. The molecule has 0 fully saturated rings. The van der Waals surface area contributed by atoms with Crippen molar-refractivity contribution in [2.24, 2.45) is 0 Å². The van der Waals surface area contributed by atoms with E-state index >= 15 is 0 Å². The molecule has 0 aliphatic heterocycles. The summed E-state index contributed by atoms with van der Waals surface area (Å²) < 4.78 is 4.63. The lowest BCUT2D eigenvalue weighted by molar-refractivity contribution is -0.385. The minimum atomic E-state index is -0.913. The summed E-state index contributed by atoms with van der Waals surface area (Å²) in [5.74, 6) is -0.436. The predicted octanol–water partition coefficient (Wildman–Crippen LogP) is 1.44. The maximum absolute atomic E-state index is 11.5. The first-order valence-electron chi connectivity index (χ1n) is 4.59. The van der Waals surface area contributed by atoms with E-state index in [1.165, 1.54) is 19.2 Å². The summed E-state index contributed by atoms with van der Waals surface area (Å²) in [6, 6.07) is 2.77. The number of methoxy groups -OCH3 is 1. The van der Waals surface area contributed by atoms with Crippen LogP contribution in [0.25, 0.3) is 0 Å². The monoisotopic (exact) mass is 224 g/mol. The second-order valence-electron chi connectivity index (χ2n) is 3.78. The number of carbonyl (C=O) groups excluding carboxylic acids is 1. The SMILES string of the molecule is COC(=O)C(C)(C)c1ccc([N+](=O)[O-])cn1. The molecule has 0 atom stereocenters. The fourth-order valence-electron chi connectivity index (χ4n) is 1.22. The summed E-state index contributed by atoms with van der Waals surface area (Å²) in [6.07, 6.45) is 1.13. The molecule has 0 aliphatic rings. The van der Waals surface area contributed by atoms with Crippen molar-refractivity contribution >= 4 is 11.7 Å². The summed E-state index contributed by atoms with van der Waals surface area (Å²) in [5.41, 5.74) is -0.585. The summed E-state index contributed by atoms with van der Waals surface area (Å²) in [6.45, 7) is 3.29. The first-order chi connectivity index (χ1) is 7.39. The quantitative estimate of drug-likeness (QED) is 0.440. The molecule has 1 heterocycles. The molecular formula is C10H12N2O4. The minimum absolute atomic E-state index is 0.107. The van der Waals surface area contributed by atoms with Crippen molar-refractivity contribution in [3.63, 3.8) is 0 Å². The zero-order valence-corrected chi connectivity index (χ0v) is 9.26. The summed E-state index contributed by atoms with van der Waals surface area (Å²) in [4.78, 5) is 25.2. The molecule has 0 aromatic carbocycles. The number of rotatable bonds is 3. The Morgan fingerprint density at radius 3 is 2.50 bits per heavy atom. The van der Waals surface area contributed by atoms with Gasteiger partial charge in [-0.05, 0) is 19.9 Å². The van der Waals surface area contributed by atoms with E-state index in [0.29, 0.717) is 5.69 Å². The van der Waals surface area contributed by atoms with Crippen LogP contribution in [0, 0.1) is 10.1 Å². The second kappa shape index (κ2) is 4.26. The number of nitro groups is 1. The molecule has 0 bridgehead atoms. The van der Waals surface area contributed by atoms with Crippen LogP contribution in [0.15, 0.2) is 18.3 Å². The zero-order valence-electron chi connectivity index (χ0n) is 9.26. The van der Waals surface area contributed by atoms with Gasteiger partial charge in [-0.15, -0.1) is 0 Å². The highest BCUT2D eigenvalue weighted by atomic mass is 16.6. The van der Waals surface area contributed by atoms with Crippen molar-refractivity contribution in [2.75, 3.05) is 7.11 Å². The molecule has 0 radical (unpaired) electrons. The van der Waals surface area contributed by atoms with Gasteiger partial charge in [0.2, 0.25) is 0 Å². The normalized spacial score (nSPS) is 10.9. The molecule has 6 heteroatoms. The van der Waals surface area contributed by atoms with Crippen molar-refractivity contribution in [2.45, 2.75) is 19.3 Å². The number of ether oxygens (including phenoxy) is 1. The van der Waals surface area contributed by atoms with E-state index in [1.807, 2.05) is 0 Å². The molecule has 6 nitrogen and oxygen atoms in total. The van der Waals surface area contributed by atoms with Crippen LogP contribution < -0.4 is 0 Å². The second-order valence-corrected chi connectivity index (χ2v) is 3.78. The average molecular weight is 224 g/mol. The number of nitrogens with zero attached hydrogens (tertiary/aromatic N) is 2. The number of hydrogen-bond donors (Lipinski definition) is 0. The first-order valence-corrected chi connectivity index (χ1v) is 4.59. The highest BCUT2D eigenvalue weighted by Crippen LogP contribution is 2.23. The van der Waals surface area contributed by atoms with Crippen LogP contribution in [0.3, 0.4) is 0 Å². The van der Waals surface area contributed by atoms with E-state index in [1.54, 1.807) is 13.8 Å². The van der Waals surface area contributed by atoms with Crippen molar-refractivity contribution < 1.29 is 14.5 Å². The molecule has 1 aromatic heterocycles. The Kier molecular flexibility index (Phi) is 3.22.